The number of hydrogen-bond acceptors (Lipinski definition) is 3. The second-order valence-electron chi connectivity index (χ2n) is 7.22. The summed E-state index contributed by atoms with van der Waals surface area (Å²) in [4.78, 5) is 37.5. The largest absolute Gasteiger partial charge is 0.370 e. The van der Waals surface area contributed by atoms with Crippen LogP contribution in [0, 0.1) is 5.92 Å². The molecule has 4 amide bonds. The molecule has 7 nitrogen and oxygen atoms in total. The quantitative estimate of drug-likeness (QED) is 0.725. The van der Waals surface area contributed by atoms with Crippen molar-refractivity contribution in [2.45, 2.75) is 44.6 Å². The molecule has 0 radical (unpaired) electrons. The highest BCUT2D eigenvalue weighted by molar-refractivity contribution is 5.97. The molecule has 3 rings (SSSR count). The van der Waals surface area contributed by atoms with Gasteiger partial charge in [-0.1, -0.05) is 6.07 Å². The zero-order chi connectivity index (χ0) is 18.5. The molecule has 140 valence electrons. The SMILES string of the molecule is NC(=O)CCC1CCCN(C(=O)c2cccc(NC(=O)NC3CC3)c2)C1. The molecule has 2 aliphatic rings. The van der Waals surface area contributed by atoms with Crippen molar-refractivity contribution in [3.63, 3.8) is 0 Å². The van der Waals surface area contributed by atoms with Crippen molar-refractivity contribution in [3.8, 4) is 0 Å². The maximum absolute atomic E-state index is 12.8. The molecule has 1 saturated carbocycles. The number of urea groups is 1. The lowest BCUT2D eigenvalue weighted by molar-refractivity contribution is -0.118. The Hall–Kier alpha value is -2.57. The predicted molar refractivity (Wildman–Crippen MR) is 98.7 cm³/mol. The molecule has 0 bridgehead atoms. The Morgan fingerprint density at radius 1 is 1.19 bits per heavy atom. The van der Waals surface area contributed by atoms with Crippen LogP contribution in [0.4, 0.5) is 10.5 Å². The number of amides is 4. The van der Waals surface area contributed by atoms with Crippen molar-refractivity contribution in [1.82, 2.24) is 10.2 Å². The fourth-order valence-corrected chi connectivity index (χ4v) is 3.32. The molecule has 1 aromatic carbocycles. The number of nitrogens with zero attached hydrogens (tertiary/aromatic N) is 1. The molecular formula is C19H26N4O3. The van der Waals surface area contributed by atoms with Crippen LogP contribution in [-0.4, -0.2) is 41.9 Å². The lowest BCUT2D eigenvalue weighted by Crippen LogP contribution is -2.40. The van der Waals surface area contributed by atoms with E-state index >= 15 is 0 Å². The van der Waals surface area contributed by atoms with Gasteiger partial charge in [-0.15, -0.1) is 0 Å². The van der Waals surface area contributed by atoms with Gasteiger partial charge in [0.15, 0.2) is 0 Å². The number of primary amides is 1. The smallest absolute Gasteiger partial charge is 0.319 e. The fraction of sp³-hybridized carbons (Fsp3) is 0.526. The summed E-state index contributed by atoms with van der Waals surface area (Å²) >= 11 is 0. The summed E-state index contributed by atoms with van der Waals surface area (Å²) in [6, 6.07) is 7.07. The summed E-state index contributed by atoms with van der Waals surface area (Å²) in [5, 5.41) is 5.64. The van der Waals surface area contributed by atoms with Gasteiger partial charge >= 0.3 is 6.03 Å². The van der Waals surface area contributed by atoms with E-state index in [1.54, 1.807) is 24.3 Å². The first-order chi connectivity index (χ1) is 12.5. The van der Waals surface area contributed by atoms with Crippen molar-refractivity contribution in [1.29, 1.82) is 0 Å². The molecular weight excluding hydrogens is 332 g/mol. The van der Waals surface area contributed by atoms with Crippen LogP contribution in [0.15, 0.2) is 24.3 Å². The zero-order valence-electron chi connectivity index (χ0n) is 14.9. The Kier molecular flexibility index (Phi) is 5.75. The van der Waals surface area contributed by atoms with Crippen LogP contribution in [0.1, 0.15) is 48.9 Å². The van der Waals surface area contributed by atoms with Gasteiger partial charge in [0.2, 0.25) is 5.91 Å². The van der Waals surface area contributed by atoms with E-state index in [1.165, 1.54) is 0 Å². The lowest BCUT2D eigenvalue weighted by atomic mass is 9.93. The highest BCUT2D eigenvalue weighted by Crippen LogP contribution is 2.23. The third kappa shape index (κ3) is 5.21. The van der Waals surface area contributed by atoms with Crippen molar-refractivity contribution >= 4 is 23.5 Å². The summed E-state index contributed by atoms with van der Waals surface area (Å²) in [7, 11) is 0. The molecule has 0 aromatic heterocycles. The van der Waals surface area contributed by atoms with E-state index in [1.807, 2.05) is 4.90 Å². The van der Waals surface area contributed by atoms with E-state index in [0.29, 0.717) is 36.7 Å². The van der Waals surface area contributed by atoms with Gasteiger partial charge in [0, 0.05) is 36.8 Å². The number of likely N-dealkylation sites (tertiary alicyclic amines) is 1. The molecule has 1 heterocycles. The molecule has 2 fully saturated rings. The van der Waals surface area contributed by atoms with Gasteiger partial charge in [-0.05, 0) is 56.2 Å². The maximum atomic E-state index is 12.8. The summed E-state index contributed by atoms with van der Waals surface area (Å²) in [6.45, 7) is 1.36. The number of nitrogens with one attached hydrogen (secondary N) is 2. The minimum absolute atomic E-state index is 0.0416. The Morgan fingerprint density at radius 3 is 2.73 bits per heavy atom. The van der Waals surface area contributed by atoms with Crippen molar-refractivity contribution in [3.05, 3.63) is 29.8 Å². The third-order valence-electron chi connectivity index (χ3n) is 4.89. The van der Waals surface area contributed by atoms with E-state index in [9.17, 15) is 14.4 Å². The lowest BCUT2D eigenvalue weighted by Gasteiger charge is -2.32. The highest BCUT2D eigenvalue weighted by atomic mass is 16.2. The minimum Gasteiger partial charge on any atom is -0.370 e. The molecule has 1 aliphatic heterocycles. The molecule has 1 unspecified atom stereocenters. The van der Waals surface area contributed by atoms with Crippen molar-refractivity contribution in [2.75, 3.05) is 18.4 Å². The first-order valence-corrected chi connectivity index (χ1v) is 9.26. The van der Waals surface area contributed by atoms with Crippen LogP contribution < -0.4 is 16.4 Å². The van der Waals surface area contributed by atoms with Crippen LogP contribution in [0.3, 0.4) is 0 Å². The molecule has 7 heteroatoms. The Labute approximate surface area is 153 Å². The van der Waals surface area contributed by atoms with Gasteiger partial charge < -0.3 is 21.3 Å². The summed E-state index contributed by atoms with van der Waals surface area (Å²) in [5.74, 6) is -0.0254. The first kappa shape index (κ1) is 18.2. The maximum Gasteiger partial charge on any atom is 0.319 e. The Bertz CT molecular complexity index is 687. The first-order valence-electron chi connectivity index (χ1n) is 9.26. The normalized spacial score (nSPS) is 19.7. The molecule has 1 aromatic rings. The summed E-state index contributed by atoms with van der Waals surface area (Å²) < 4.78 is 0. The topological polar surface area (TPSA) is 105 Å². The Balaban J connectivity index is 1.58. The molecule has 1 saturated heterocycles. The predicted octanol–water partition coefficient (Wildman–Crippen LogP) is 2.09. The number of benzene rings is 1. The number of carbonyl (C=O) groups is 3. The second kappa shape index (κ2) is 8.21. The standard InChI is InChI=1S/C19H26N4O3/c20-17(24)9-6-13-3-2-10-23(12-13)18(25)14-4-1-5-16(11-14)22-19(26)21-15-7-8-15/h1,4-5,11,13,15H,2-3,6-10,12H2,(H2,20,24)(H2,21,22,26). The second-order valence-corrected chi connectivity index (χ2v) is 7.22. The van der Waals surface area contributed by atoms with E-state index < -0.39 is 0 Å². The summed E-state index contributed by atoms with van der Waals surface area (Å²) in [5.41, 5.74) is 6.39. The van der Waals surface area contributed by atoms with Gasteiger partial charge in [-0.3, -0.25) is 9.59 Å². The number of rotatable bonds is 6. The van der Waals surface area contributed by atoms with Crippen molar-refractivity contribution < 1.29 is 14.4 Å². The summed E-state index contributed by atoms with van der Waals surface area (Å²) in [6.07, 6.45) is 5.08. The van der Waals surface area contributed by atoms with Crippen molar-refractivity contribution in [2.24, 2.45) is 11.7 Å². The Morgan fingerprint density at radius 2 is 2.00 bits per heavy atom. The minimum atomic E-state index is -0.295. The number of piperidine rings is 1. The van der Waals surface area contributed by atoms with E-state index in [0.717, 1.165) is 32.1 Å². The van der Waals surface area contributed by atoms with Crippen LogP contribution in [0.2, 0.25) is 0 Å². The average molecular weight is 358 g/mol. The number of anilines is 1. The van der Waals surface area contributed by atoms with Crippen LogP contribution in [0.25, 0.3) is 0 Å². The van der Waals surface area contributed by atoms with Crippen LogP contribution in [-0.2, 0) is 4.79 Å². The third-order valence-corrected chi connectivity index (χ3v) is 4.89. The molecule has 0 spiro atoms. The van der Waals surface area contributed by atoms with Crippen LogP contribution >= 0.6 is 0 Å². The zero-order valence-corrected chi connectivity index (χ0v) is 14.9. The highest BCUT2D eigenvalue weighted by Gasteiger charge is 2.25. The molecule has 4 N–H and O–H groups in total. The van der Waals surface area contributed by atoms with E-state index in [4.69, 9.17) is 5.73 Å². The molecule has 1 aliphatic carbocycles. The molecule has 26 heavy (non-hydrogen) atoms. The van der Waals surface area contributed by atoms with Gasteiger partial charge in [0.1, 0.15) is 0 Å². The van der Waals surface area contributed by atoms with Gasteiger partial charge in [-0.2, -0.15) is 0 Å². The molecule has 1 atom stereocenters. The fourth-order valence-electron chi connectivity index (χ4n) is 3.32. The van der Waals surface area contributed by atoms with Gasteiger partial charge in [0.05, 0.1) is 0 Å². The average Bonchev–Trinajstić information content (AvgIpc) is 3.43. The van der Waals surface area contributed by atoms with E-state index in [-0.39, 0.29) is 23.9 Å². The van der Waals surface area contributed by atoms with Gasteiger partial charge in [-0.25, -0.2) is 4.79 Å². The van der Waals surface area contributed by atoms with Crippen LogP contribution in [0.5, 0.6) is 0 Å². The van der Waals surface area contributed by atoms with Gasteiger partial charge in [0.25, 0.3) is 5.91 Å². The number of hydrogen-bond donors (Lipinski definition) is 3. The van der Waals surface area contributed by atoms with E-state index in [2.05, 4.69) is 10.6 Å². The number of nitrogens with two attached hydrogens (primary N) is 1. The number of carbonyl (C=O) groups excluding carboxylic acids is 3. The monoisotopic (exact) mass is 358 g/mol.